The molecule has 0 spiro atoms. The van der Waals surface area contributed by atoms with Crippen LogP contribution in [0.5, 0.6) is 11.5 Å². The quantitative estimate of drug-likeness (QED) is 0.297. The number of ether oxygens (including phenoxy) is 2. The van der Waals surface area contributed by atoms with Gasteiger partial charge in [-0.05, 0) is 19.1 Å². The fourth-order valence-electron chi connectivity index (χ4n) is 2.24. The molecule has 29 heavy (non-hydrogen) atoms. The molecule has 11 heteroatoms. The van der Waals surface area contributed by atoms with Crippen LogP contribution in [0, 0.1) is 10.1 Å². The lowest BCUT2D eigenvalue weighted by atomic mass is 10.2. The van der Waals surface area contributed by atoms with Gasteiger partial charge in [0.25, 0.3) is 11.6 Å². The standard InChI is InChI=1S/C18H17ClN4O6/c1-10(24)17(22-21-11-4-6-13(7-5-11)23(26)27)18(25)20-12-8-14(28-2)16(19)15(9-12)29-3/h4-9,17H,1-3H3,(H,20,25). The summed E-state index contributed by atoms with van der Waals surface area (Å²) in [4.78, 5) is 34.5. The van der Waals surface area contributed by atoms with Gasteiger partial charge in [0.2, 0.25) is 6.04 Å². The fraction of sp³-hybridized carbons (Fsp3) is 0.222. The third-order valence-electron chi connectivity index (χ3n) is 3.70. The van der Waals surface area contributed by atoms with Gasteiger partial charge >= 0.3 is 0 Å². The van der Waals surface area contributed by atoms with Crippen LogP contribution < -0.4 is 14.8 Å². The molecule has 0 radical (unpaired) electrons. The number of non-ortho nitro benzene ring substituents is 1. The van der Waals surface area contributed by atoms with Gasteiger partial charge in [0.15, 0.2) is 5.78 Å². The summed E-state index contributed by atoms with van der Waals surface area (Å²) in [5.74, 6) is -0.725. The molecule has 0 bridgehead atoms. The van der Waals surface area contributed by atoms with E-state index in [1.54, 1.807) is 0 Å². The maximum Gasteiger partial charge on any atom is 0.269 e. The van der Waals surface area contributed by atoms with E-state index in [1.807, 2.05) is 0 Å². The summed E-state index contributed by atoms with van der Waals surface area (Å²) in [7, 11) is 2.81. The number of nitro groups is 1. The zero-order valence-corrected chi connectivity index (χ0v) is 16.5. The van der Waals surface area contributed by atoms with Crippen molar-refractivity contribution in [1.29, 1.82) is 0 Å². The molecular formula is C18H17ClN4O6. The van der Waals surface area contributed by atoms with Crippen molar-refractivity contribution < 1.29 is 24.0 Å². The van der Waals surface area contributed by atoms with Crippen LogP contribution >= 0.6 is 11.6 Å². The molecule has 0 aliphatic carbocycles. The first-order valence-corrected chi connectivity index (χ1v) is 8.52. The average molecular weight is 421 g/mol. The highest BCUT2D eigenvalue weighted by atomic mass is 35.5. The number of hydrogen-bond acceptors (Lipinski definition) is 8. The minimum absolute atomic E-state index is 0.115. The van der Waals surface area contributed by atoms with Gasteiger partial charge in [-0.2, -0.15) is 10.2 Å². The third kappa shape index (κ3) is 5.48. The number of methoxy groups -OCH3 is 2. The molecule has 0 heterocycles. The summed E-state index contributed by atoms with van der Waals surface area (Å²) >= 11 is 6.09. The van der Waals surface area contributed by atoms with E-state index in [9.17, 15) is 19.7 Å². The molecule has 0 aliphatic rings. The summed E-state index contributed by atoms with van der Waals surface area (Å²) in [5, 5.41) is 21.0. The second kappa shape index (κ2) is 9.60. The molecule has 0 aliphatic heterocycles. The Hall–Kier alpha value is -3.53. The van der Waals surface area contributed by atoms with Crippen LogP contribution in [0.2, 0.25) is 5.02 Å². The second-order valence-electron chi connectivity index (χ2n) is 5.69. The zero-order valence-electron chi connectivity index (χ0n) is 15.7. The number of Topliss-reactive ketones (excluding diaryl/α,β-unsaturated/α-hetero) is 1. The first kappa shape index (κ1) is 21.8. The Bertz CT molecular complexity index is 936. The maximum absolute atomic E-state index is 12.5. The Morgan fingerprint density at radius 3 is 2.14 bits per heavy atom. The third-order valence-corrected chi connectivity index (χ3v) is 4.07. The molecule has 2 aromatic carbocycles. The number of ketones is 1. The van der Waals surface area contributed by atoms with Gasteiger partial charge in [0.05, 0.1) is 24.8 Å². The highest BCUT2D eigenvalue weighted by Gasteiger charge is 2.24. The molecule has 1 N–H and O–H groups in total. The van der Waals surface area contributed by atoms with E-state index in [2.05, 4.69) is 15.5 Å². The molecule has 0 aromatic heterocycles. The smallest absolute Gasteiger partial charge is 0.269 e. The molecule has 1 atom stereocenters. The predicted octanol–water partition coefficient (Wildman–Crippen LogP) is 3.95. The second-order valence-corrected chi connectivity index (χ2v) is 6.06. The number of nitro benzene ring substituents is 1. The first-order valence-electron chi connectivity index (χ1n) is 8.15. The maximum atomic E-state index is 12.5. The zero-order chi connectivity index (χ0) is 21.6. The minimum Gasteiger partial charge on any atom is -0.495 e. The summed E-state index contributed by atoms with van der Waals surface area (Å²) in [6.45, 7) is 1.20. The Balaban J connectivity index is 2.21. The normalized spacial score (nSPS) is 11.7. The van der Waals surface area contributed by atoms with Crippen molar-refractivity contribution in [2.45, 2.75) is 13.0 Å². The van der Waals surface area contributed by atoms with Crippen LogP contribution in [0.1, 0.15) is 6.92 Å². The molecule has 0 saturated heterocycles. The molecule has 2 aromatic rings. The first-order chi connectivity index (χ1) is 13.8. The van der Waals surface area contributed by atoms with Crippen LogP contribution in [-0.2, 0) is 9.59 Å². The Morgan fingerprint density at radius 1 is 1.14 bits per heavy atom. The lowest BCUT2D eigenvalue weighted by molar-refractivity contribution is -0.384. The Kier molecular flexibility index (Phi) is 7.21. The van der Waals surface area contributed by atoms with E-state index in [4.69, 9.17) is 21.1 Å². The van der Waals surface area contributed by atoms with Crippen molar-refractivity contribution in [3.8, 4) is 11.5 Å². The molecule has 0 fully saturated rings. The van der Waals surface area contributed by atoms with Gasteiger partial charge in [-0.15, -0.1) is 0 Å². The monoisotopic (exact) mass is 420 g/mol. The van der Waals surface area contributed by atoms with Crippen LogP contribution in [0.25, 0.3) is 0 Å². The molecule has 10 nitrogen and oxygen atoms in total. The van der Waals surface area contributed by atoms with Gasteiger partial charge in [-0.25, -0.2) is 0 Å². The van der Waals surface area contributed by atoms with E-state index >= 15 is 0 Å². The molecule has 1 unspecified atom stereocenters. The van der Waals surface area contributed by atoms with Gasteiger partial charge in [0, 0.05) is 30.0 Å². The summed E-state index contributed by atoms with van der Waals surface area (Å²) in [6.07, 6.45) is 0. The molecular weight excluding hydrogens is 404 g/mol. The number of halogens is 1. The molecule has 1 amide bonds. The van der Waals surface area contributed by atoms with E-state index in [0.717, 1.165) is 0 Å². The summed E-state index contributed by atoms with van der Waals surface area (Å²) in [6, 6.07) is 6.70. The van der Waals surface area contributed by atoms with Gasteiger partial charge in [0.1, 0.15) is 16.5 Å². The van der Waals surface area contributed by atoms with E-state index in [-0.39, 0.29) is 33.6 Å². The number of hydrogen-bond donors (Lipinski definition) is 1. The molecule has 152 valence electrons. The highest BCUT2D eigenvalue weighted by Crippen LogP contribution is 2.37. The number of azo groups is 1. The van der Waals surface area contributed by atoms with Crippen molar-refractivity contribution in [3.63, 3.8) is 0 Å². The molecule has 0 saturated carbocycles. The van der Waals surface area contributed by atoms with Crippen LogP contribution in [0.4, 0.5) is 17.1 Å². The summed E-state index contributed by atoms with van der Waals surface area (Å²) in [5.41, 5.74) is 0.421. The number of nitrogens with zero attached hydrogens (tertiary/aromatic N) is 3. The SMILES string of the molecule is COc1cc(NC(=O)C(N=Nc2ccc([N+](=O)[O-])cc2)C(C)=O)cc(OC)c1Cl. The van der Waals surface area contributed by atoms with E-state index < -0.39 is 22.7 Å². The fourth-order valence-corrected chi connectivity index (χ4v) is 2.50. The predicted molar refractivity (Wildman–Crippen MR) is 105 cm³/mol. The number of anilines is 1. The minimum atomic E-state index is -1.42. The van der Waals surface area contributed by atoms with Crippen LogP contribution in [0.15, 0.2) is 46.6 Å². The lowest BCUT2D eigenvalue weighted by Gasteiger charge is -2.13. The van der Waals surface area contributed by atoms with Gasteiger partial charge in [-0.1, -0.05) is 11.6 Å². The topological polar surface area (TPSA) is 132 Å². The number of nitrogens with one attached hydrogen (secondary N) is 1. The van der Waals surface area contributed by atoms with E-state index in [1.165, 1.54) is 57.5 Å². The Labute approximate surface area is 170 Å². The number of benzene rings is 2. The van der Waals surface area contributed by atoms with Crippen molar-refractivity contribution in [2.75, 3.05) is 19.5 Å². The average Bonchev–Trinajstić information content (AvgIpc) is 2.69. The summed E-state index contributed by atoms with van der Waals surface area (Å²) < 4.78 is 10.3. The van der Waals surface area contributed by atoms with Gasteiger partial charge < -0.3 is 14.8 Å². The van der Waals surface area contributed by atoms with Crippen molar-refractivity contribution >= 4 is 40.4 Å². The van der Waals surface area contributed by atoms with Crippen molar-refractivity contribution in [2.24, 2.45) is 10.2 Å². The molecule has 2 rings (SSSR count). The number of carbonyl (C=O) groups excluding carboxylic acids is 2. The number of amides is 1. The number of rotatable bonds is 8. The highest BCUT2D eigenvalue weighted by molar-refractivity contribution is 6.33. The lowest BCUT2D eigenvalue weighted by Crippen LogP contribution is -2.31. The van der Waals surface area contributed by atoms with Crippen LogP contribution in [-0.4, -0.2) is 36.9 Å². The van der Waals surface area contributed by atoms with Crippen molar-refractivity contribution in [3.05, 3.63) is 51.5 Å². The van der Waals surface area contributed by atoms with E-state index in [0.29, 0.717) is 0 Å². The van der Waals surface area contributed by atoms with Crippen molar-refractivity contribution in [1.82, 2.24) is 0 Å². The Morgan fingerprint density at radius 2 is 1.69 bits per heavy atom. The largest absolute Gasteiger partial charge is 0.495 e. The van der Waals surface area contributed by atoms with Crippen LogP contribution in [0.3, 0.4) is 0 Å². The van der Waals surface area contributed by atoms with Gasteiger partial charge in [-0.3, -0.25) is 19.7 Å². The number of carbonyl (C=O) groups is 2.